The molecule has 0 bridgehead atoms. The first-order valence-electron chi connectivity index (χ1n) is 26.9. The first-order chi connectivity index (χ1) is 38.1. The van der Waals surface area contributed by atoms with Gasteiger partial charge in [0.25, 0.3) is 0 Å². The van der Waals surface area contributed by atoms with E-state index in [-0.39, 0.29) is 22.9 Å². The monoisotopic (exact) mass is 1120 g/mol. The Morgan fingerprint density at radius 3 is 1.33 bits per heavy atom. The summed E-state index contributed by atoms with van der Waals surface area (Å²) in [6, 6.07) is 37.6. The Hall–Kier alpha value is -8.00. The second kappa shape index (κ2) is 20.7. The van der Waals surface area contributed by atoms with Gasteiger partial charge in [-0.05, 0) is 148 Å². The van der Waals surface area contributed by atoms with Gasteiger partial charge in [0, 0.05) is 66.4 Å². The molecule has 6 heterocycles. The zero-order valence-corrected chi connectivity index (χ0v) is 46.7. The molecule has 12 aromatic rings. The van der Waals surface area contributed by atoms with Gasteiger partial charge in [0.1, 0.15) is 5.52 Å². The highest BCUT2D eigenvalue weighted by Crippen LogP contribution is 2.44. The highest BCUT2D eigenvalue weighted by molar-refractivity contribution is 9.10. The van der Waals surface area contributed by atoms with Crippen LogP contribution >= 0.6 is 15.9 Å². The average molecular weight is 1120 g/mol. The van der Waals surface area contributed by atoms with E-state index in [2.05, 4.69) is 123 Å². The lowest BCUT2D eigenvalue weighted by atomic mass is 9.84. The third-order valence-electron chi connectivity index (χ3n) is 16.1. The molecule has 0 aliphatic heterocycles. The molecule has 0 unspecified atom stereocenters. The molecule has 6 aromatic heterocycles. The molecule has 0 atom stereocenters. The van der Waals surface area contributed by atoms with Crippen molar-refractivity contribution in [1.29, 1.82) is 0 Å². The standard InChI is InChI=1S/2C20H20N4O.C17H15BrN4O.C3H7BO2/c1-22-16-9-6-13(10-18(16)23(2)20(22)25)11-24-12-21-19-15(14-7-8-14)4-3-5-17(19)24;1-22-17-9-6-13(10-18(17)23(2)20(22)25)11-24-12-21-16-5-3-4-15(19(16)24)14-7-8-14;1-20-13-7-6-11(8-15(13)21(2)17(20)23)9-22-10-19-16-12(18)4-3-5-14(16)22;5-4(6)3-1-2-3/h2*3-6,9-10,12,14H,7-8,11H2,1-2H3;3-8,10H,9H2,1-2H3;3,5-6H,1-2H2. The fourth-order valence-electron chi connectivity index (χ4n) is 11.1. The smallest absolute Gasteiger partial charge is 0.427 e. The third kappa shape index (κ3) is 9.88. The summed E-state index contributed by atoms with van der Waals surface area (Å²) in [4.78, 5) is 50.0. The summed E-state index contributed by atoms with van der Waals surface area (Å²) in [7, 11) is 9.84. The van der Waals surface area contributed by atoms with Crippen molar-refractivity contribution in [2.24, 2.45) is 42.3 Å². The lowest BCUT2D eigenvalue weighted by Crippen LogP contribution is -2.19. The minimum atomic E-state index is -1.04. The van der Waals surface area contributed by atoms with Crippen LogP contribution in [0.1, 0.15) is 78.2 Å². The minimum Gasteiger partial charge on any atom is -0.427 e. The van der Waals surface area contributed by atoms with Gasteiger partial charge in [-0.3, -0.25) is 27.4 Å². The fraction of sp³-hybridized carbons (Fsp3) is 0.300. The van der Waals surface area contributed by atoms with Gasteiger partial charge in [0.2, 0.25) is 0 Å². The number of fused-ring (bicyclic) bond motifs is 6. The molecule has 0 saturated heterocycles. The van der Waals surface area contributed by atoms with Gasteiger partial charge in [-0.25, -0.2) is 29.3 Å². The Balaban J connectivity index is 0.000000112. The van der Waals surface area contributed by atoms with Crippen LogP contribution in [0, 0.1) is 0 Å². The summed E-state index contributed by atoms with van der Waals surface area (Å²) >= 11 is 3.53. The van der Waals surface area contributed by atoms with Crippen molar-refractivity contribution in [3.05, 3.63) is 192 Å². The van der Waals surface area contributed by atoms with Crippen molar-refractivity contribution in [1.82, 2.24) is 56.1 Å². The highest BCUT2D eigenvalue weighted by Gasteiger charge is 2.33. The summed E-state index contributed by atoms with van der Waals surface area (Å²) < 4.78 is 17.7. The molecular weight excluding hydrogens is 1060 g/mol. The van der Waals surface area contributed by atoms with Crippen LogP contribution < -0.4 is 17.1 Å². The van der Waals surface area contributed by atoms with Crippen LogP contribution in [0.15, 0.2) is 147 Å². The van der Waals surface area contributed by atoms with Crippen LogP contribution in [0.5, 0.6) is 0 Å². The molecular formula is C60H62BBrN12O5. The Kier molecular flexibility index (Phi) is 13.5. The number of hydrogen-bond acceptors (Lipinski definition) is 8. The molecule has 3 aliphatic rings. The lowest BCUT2D eigenvalue weighted by Gasteiger charge is -2.09. The lowest BCUT2D eigenvalue weighted by molar-refractivity contribution is 0.403. The topological polar surface area (TPSA) is 175 Å². The highest BCUT2D eigenvalue weighted by atomic mass is 79.9. The number of para-hydroxylation sites is 3. The Bertz CT molecular complexity index is 4490. The van der Waals surface area contributed by atoms with Gasteiger partial charge in [-0.2, -0.15) is 0 Å². The average Bonchev–Trinajstić information content (AvgIpc) is 4.56. The van der Waals surface area contributed by atoms with Crippen LogP contribution in [0.2, 0.25) is 5.82 Å². The molecule has 6 aromatic carbocycles. The normalized spacial score (nSPS) is 14.2. The van der Waals surface area contributed by atoms with E-state index >= 15 is 0 Å². The summed E-state index contributed by atoms with van der Waals surface area (Å²) in [5, 5.41) is 16.5. The third-order valence-corrected chi connectivity index (χ3v) is 16.7. The molecule has 2 N–H and O–H groups in total. The largest absolute Gasteiger partial charge is 0.454 e. The van der Waals surface area contributed by atoms with Crippen LogP contribution in [0.4, 0.5) is 0 Å². The fourth-order valence-corrected chi connectivity index (χ4v) is 11.5. The van der Waals surface area contributed by atoms with E-state index in [1.807, 2.05) is 77.5 Å². The summed E-state index contributed by atoms with van der Waals surface area (Å²) in [5.41, 5.74) is 18.7. The molecule has 402 valence electrons. The Morgan fingerprint density at radius 2 is 0.861 bits per heavy atom. The minimum absolute atomic E-state index is 0.00541. The zero-order valence-electron chi connectivity index (χ0n) is 45.2. The van der Waals surface area contributed by atoms with E-state index in [0.29, 0.717) is 18.4 Å². The molecule has 15 rings (SSSR count). The zero-order chi connectivity index (χ0) is 55.0. The second-order valence-corrected chi connectivity index (χ2v) is 22.5. The molecule has 3 saturated carbocycles. The number of rotatable bonds is 9. The first kappa shape index (κ1) is 51.7. The number of nitrogens with zero attached hydrogens (tertiary/aromatic N) is 12. The van der Waals surface area contributed by atoms with Crippen molar-refractivity contribution in [2.45, 2.75) is 75.8 Å². The van der Waals surface area contributed by atoms with Gasteiger partial charge in [-0.1, -0.05) is 61.4 Å². The van der Waals surface area contributed by atoms with E-state index < -0.39 is 7.12 Å². The maximum atomic E-state index is 12.1. The van der Waals surface area contributed by atoms with Crippen molar-refractivity contribution in [3.63, 3.8) is 0 Å². The van der Waals surface area contributed by atoms with Gasteiger partial charge < -0.3 is 23.7 Å². The molecule has 3 fully saturated rings. The van der Waals surface area contributed by atoms with Crippen molar-refractivity contribution in [3.8, 4) is 0 Å². The van der Waals surface area contributed by atoms with Crippen molar-refractivity contribution >= 4 is 89.2 Å². The maximum Gasteiger partial charge on any atom is 0.454 e. The van der Waals surface area contributed by atoms with Crippen LogP contribution in [0.25, 0.3) is 66.2 Å². The van der Waals surface area contributed by atoms with E-state index in [4.69, 9.17) is 10.0 Å². The van der Waals surface area contributed by atoms with Crippen molar-refractivity contribution < 1.29 is 10.0 Å². The number of hydrogen-bond donors (Lipinski definition) is 2. The van der Waals surface area contributed by atoms with Gasteiger partial charge in [-0.15, -0.1) is 0 Å². The molecule has 0 radical (unpaired) electrons. The quantitative estimate of drug-likeness (QED) is 0.135. The van der Waals surface area contributed by atoms with Crippen LogP contribution in [-0.2, 0) is 61.9 Å². The van der Waals surface area contributed by atoms with E-state index in [0.717, 1.165) is 91.1 Å². The first-order valence-corrected chi connectivity index (χ1v) is 27.7. The number of aryl methyl sites for hydroxylation is 6. The number of halogens is 1. The Labute approximate surface area is 463 Å². The van der Waals surface area contributed by atoms with Gasteiger partial charge >= 0.3 is 24.2 Å². The number of imidazole rings is 6. The number of benzene rings is 6. The molecule has 19 heteroatoms. The maximum absolute atomic E-state index is 12.1. The molecule has 0 amide bonds. The second-order valence-electron chi connectivity index (χ2n) is 21.6. The van der Waals surface area contributed by atoms with Crippen molar-refractivity contribution in [2.75, 3.05) is 0 Å². The van der Waals surface area contributed by atoms with E-state index in [9.17, 15) is 14.4 Å². The van der Waals surface area contributed by atoms with Gasteiger partial charge in [0.15, 0.2) is 0 Å². The Morgan fingerprint density at radius 1 is 0.456 bits per heavy atom. The molecule has 0 spiro atoms. The SMILES string of the molecule is Cn1c(=O)n(C)c2cc(Cn3cnc4c(Br)cccc43)ccc21.Cn1c(=O)n(C)c2cc(Cn3cnc4c(C5CC5)cccc43)ccc21.Cn1c(=O)n(C)c2cc(Cn3cnc4cccc(C5CC5)c43)ccc21.OB(O)C1CC1. The summed E-state index contributed by atoms with van der Waals surface area (Å²) in [5.74, 6) is 1.60. The van der Waals surface area contributed by atoms with E-state index in [1.165, 1.54) is 59.0 Å². The molecule has 17 nitrogen and oxygen atoms in total. The van der Waals surface area contributed by atoms with Crippen LogP contribution in [0.3, 0.4) is 0 Å². The summed E-state index contributed by atoms with van der Waals surface area (Å²) in [6.45, 7) is 2.23. The van der Waals surface area contributed by atoms with Gasteiger partial charge in [0.05, 0.1) is 79.7 Å². The predicted molar refractivity (Wildman–Crippen MR) is 316 cm³/mol. The summed E-state index contributed by atoms with van der Waals surface area (Å²) in [6.07, 6.45) is 12.8. The number of aromatic nitrogens is 12. The van der Waals surface area contributed by atoms with Crippen LogP contribution in [-0.4, -0.2) is 73.2 Å². The molecule has 79 heavy (non-hydrogen) atoms. The van der Waals surface area contributed by atoms with E-state index in [1.54, 1.807) is 41.5 Å². The molecule has 3 aliphatic carbocycles. The predicted octanol–water partition coefficient (Wildman–Crippen LogP) is 8.97.